The molecule has 0 spiro atoms. The van der Waals surface area contributed by atoms with Crippen LogP contribution in [-0.4, -0.2) is 68.1 Å². The van der Waals surface area contributed by atoms with Gasteiger partial charge >= 0.3 is 0 Å². The molecule has 0 bridgehead atoms. The maximum absolute atomic E-state index is 5.70. The van der Waals surface area contributed by atoms with E-state index in [-0.39, 0.29) is 6.04 Å². The molecular formula is C20H37N5O. The zero-order valence-electron chi connectivity index (χ0n) is 16.8. The van der Waals surface area contributed by atoms with Gasteiger partial charge in [-0.15, -0.1) is 0 Å². The van der Waals surface area contributed by atoms with Crippen LogP contribution in [-0.2, 0) is 0 Å². The van der Waals surface area contributed by atoms with Gasteiger partial charge in [-0.3, -0.25) is 9.89 Å². The van der Waals surface area contributed by atoms with Crippen molar-refractivity contribution >= 4 is 5.96 Å². The van der Waals surface area contributed by atoms with Crippen LogP contribution in [0.15, 0.2) is 27.8 Å². The van der Waals surface area contributed by atoms with Crippen LogP contribution in [0.2, 0.25) is 0 Å². The number of likely N-dealkylation sites (N-methyl/N-ethyl adjacent to an activating group) is 1. The first-order valence-corrected chi connectivity index (χ1v) is 10.3. The smallest absolute Gasteiger partial charge is 0.191 e. The minimum Gasteiger partial charge on any atom is -0.468 e. The molecule has 2 rings (SSSR count). The molecule has 1 aromatic heterocycles. The van der Waals surface area contributed by atoms with Gasteiger partial charge in [-0.2, -0.15) is 0 Å². The van der Waals surface area contributed by atoms with Crippen molar-refractivity contribution in [1.29, 1.82) is 0 Å². The van der Waals surface area contributed by atoms with Gasteiger partial charge in [0.25, 0.3) is 0 Å². The summed E-state index contributed by atoms with van der Waals surface area (Å²) in [6.45, 7) is 14.6. The van der Waals surface area contributed by atoms with Gasteiger partial charge < -0.3 is 20.0 Å². The lowest BCUT2D eigenvalue weighted by Gasteiger charge is -2.25. The monoisotopic (exact) mass is 363 g/mol. The van der Waals surface area contributed by atoms with Crippen LogP contribution in [0.5, 0.6) is 0 Å². The fraction of sp³-hybridized carbons (Fsp3) is 0.750. The topological polar surface area (TPSA) is 56.0 Å². The summed E-state index contributed by atoms with van der Waals surface area (Å²) in [5.74, 6) is 1.92. The molecule has 0 aliphatic carbocycles. The number of likely N-dealkylation sites (tertiary alicyclic amines) is 1. The van der Waals surface area contributed by atoms with Gasteiger partial charge in [-0.1, -0.05) is 13.8 Å². The predicted molar refractivity (Wildman–Crippen MR) is 109 cm³/mol. The van der Waals surface area contributed by atoms with Crippen molar-refractivity contribution in [2.75, 3.05) is 52.4 Å². The standard InChI is InChI=1S/C20H37N5O/c1-4-12-24(6-3)15-11-22-20(21-5-2)23-17-18(19-10-9-16-26-19)25-13-7-8-14-25/h9-10,16,18H,4-8,11-15,17H2,1-3H3,(H2,21,22,23). The largest absolute Gasteiger partial charge is 0.468 e. The number of guanidine groups is 1. The molecule has 1 aliphatic heterocycles. The van der Waals surface area contributed by atoms with Gasteiger partial charge in [0.1, 0.15) is 5.76 Å². The Bertz CT molecular complexity index is 496. The third-order valence-corrected chi connectivity index (χ3v) is 4.93. The van der Waals surface area contributed by atoms with Gasteiger partial charge in [0.05, 0.1) is 18.8 Å². The molecule has 6 nitrogen and oxygen atoms in total. The first kappa shape index (κ1) is 20.8. The van der Waals surface area contributed by atoms with Crippen LogP contribution >= 0.6 is 0 Å². The highest BCUT2D eigenvalue weighted by Gasteiger charge is 2.25. The van der Waals surface area contributed by atoms with Gasteiger partial charge in [0.2, 0.25) is 0 Å². The summed E-state index contributed by atoms with van der Waals surface area (Å²) in [5.41, 5.74) is 0. The number of hydrogen-bond donors (Lipinski definition) is 2. The van der Waals surface area contributed by atoms with Crippen LogP contribution in [0.3, 0.4) is 0 Å². The van der Waals surface area contributed by atoms with Gasteiger partial charge in [-0.05, 0) is 64.5 Å². The fourth-order valence-electron chi connectivity index (χ4n) is 3.52. The molecule has 2 N–H and O–H groups in total. The van der Waals surface area contributed by atoms with Gasteiger partial charge in [0, 0.05) is 19.6 Å². The molecule has 6 heteroatoms. The van der Waals surface area contributed by atoms with Crippen LogP contribution in [0.25, 0.3) is 0 Å². The molecule has 1 unspecified atom stereocenters. The Kier molecular flexibility index (Phi) is 9.56. The fourth-order valence-corrected chi connectivity index (χ4v) is 3.52. The van der Waals surface area contributed by atoms with Gasteiger partial charge in [0.15, 0.2) is 5.96 Å². The van der Waals surface area contributed by atoms with Crippen molar-refractivity contribution in [3.8, 4) is 0 Å². The Balaban J connectivity index is 1.92. The van der Waals surface area contributed by atoms with Gasteiger partial charge in [-0.25, -0.2) is 0 Å². The van der Waals surface area contributed by atoms with E-state index in [1.54, 1.807) is 6.26 Å². The lowest BCUT2D eigenvalue weighted by Crippen LogP contribution is -2.42. The Labute approximate surface area is 159 Å². The van der Waals surface area contributed by atoms with E-state index in [1.807, 2.05) is 6.07 Å². The summed E-state index contributed by atoms with van der Waals surface area (Å²) in [6, 6.07) is 4.27. The first-order chi connectivity index (χ1) is 12.8. The molecule has 1 aromatic rings. The number of nitrogens with zero attached hydrogens (tertiary/aromatic N) is 3. The molecule has 0 aromatic carbocycles. The zero-order valence-corrected chi connectivity index (χ0v) is 16.8. The maximum atomic E-state index is 5.70. The van der Waals surface area contributed by atoms with Crippen molar-refractivity contribution < 1.29 is 4.42 Å². The summed E-state index contributed by atoms with van der Waals surface area (Å²) in [5, 5.41) is 6.85. The molecule has 1 atom stereocenters. The van der Waals surface area contributed by atoms with Crippen molar-refractivity contribution in [2.24, 2.45) is 4.99 Å². The number of furan rings is 1. The Hall–Kier alpha value is -1.53. The highest BCUT2D eigenvalue weighted by Crippen LogP contribution is 2.25. The van der Waals surface area contributed by atoms with Crippen LogP contribution in [0, 0.1) is 0 Å². The summed E-state index contributed by atoms with van der Waals surface area (Å²) >= 11 is 0. The van der Waals surface area contributed by atoms with Crippen molar-refractivity contribution in [2.45, 2.75) is 46.1 Å². The predicted octanol–water partition coefficient (Wildman–Crippen LogP) is 2.70. The third kappa shape index (κ3) is 6.65. The number of hydrogen-bond acceptors (Lipinski definition) is 4. The highest BCUT2D eigenvalue weighted by atomic mass is 16.3. The van der Waals surface area contributed by atoms with E-state index in [4.69, 9.17) is 9.41 Å². The van der Waals surface area contributed by atoms with Crippen LogP contribution < -0.4 is 10.6 Å². The average Bonchev–Trinajstić information content (AvgIpc) is 3.35. The molecule has 148 valence electrons. The SMILES string of the molecule is CCCN(CC)CCNC(=NCC(c1ccco1)N1CCCC1)NCC. The summed E-state index contributed by atoms with van der Waals surface area (Å²) in [7, 11) is 0. The van der Waals surface area contributed by atoms with E-state index in [0.29, 0.717) is 0 Å². The average molecular weight is 364 g/mol. The lowest BCUT2D eigenvalue weighted by atomic mass is 10.2. The molecule has 0 radical (unpaired) electrons. The first-order valence-electron chi connectivity index (χ1n) is 10.3. The molecule has 26 heavy (non-hydrogen) atoms. The van der Waals surface area contributed by atoms with Crippen molar-refractivity contribution in [1.82, 2.24) is 20.4 Å². The highest BCUT2D eigenvalue weighted by molar-refractivity contribution is 5.79. The van der Waals surface area contributed by atoms with Crippen LogP contribution in [0.4, 0.5) is 0 Å². The summed E-state index contributed by atoms with van der Waals surface area (Å²) in [6.07, 6.45) is 5.49. The Morgan fingerprint density at radius 2 is 2.04 bits per heavy atom. The number of nitrogens with one attached hydrogen (secondary N) is 2. The van der Waals surface area contributed by atoms with E-state index >= 15 is 0 Å². The third-order valence-electron chi connectivity index (χ3n) is 4.93. The second-order valence-corrected chi connectivity index (χ2v) is 6.85. The summed E-state index contributed by atoms with van der Waals surface area (Å²) < 4.78 is 5.70. The minimum atomic E-state index is 0.232. The van der Waals surface area contributed by atoms with E-state index < -0.39 is 0 Å². The Morgan fingerprint density at radius 1 is 1.23 bits per heavy atom. The van der Waals surface area contributed by atoms with E-state index in [1.165, 1.54) is 19.3 Å². The molecular weight excluding hydrogens is 326 g/mol. The minimum absolute atomic E-state index is 0.232. The second kappa shape index (κ2) is 12.0. The maximum Gasteiger partial charge on any atom is 0.191 e. The lowest BCUT2D eigenvalue weighted by molar-refractivity contribution is 0.221. The molecule has 0 saturated carbocycles. The van der Waals surface area contributed by atoms with E-state index in [0.717, 1.165) is 64.1 Å². The van der Waals surface area contributed by atoms with Crippen molar-refractivity contribution in [3.63, 3.8) is 0 Å². The normalized spacial score (nSPS) is 17.0. The molecule has 1 aliphatic rings. The van der Waals surface area contributed by atoms with Crippen molar-refractivity contribution in [3.05, 3.63) is 24.2 Å². The molecule has 0 amide bonds. The molecule has 1 fully saturated rings. The number of aliphatic imine (C=N–C) groups is 1. The Morgan fingerprint density at radius 3 is 2.65 bits per heavy atom. The van der Waals surface area contributed by atoms with E-state index in [9.17, 15) is 0 Å². The number of rotatable bonds is 11. The van der Waals surface area contributed by atoms with E-state index in [2.05, 4.69) is 47.3 Å². The quantitative estimate of drug-likeness (QED) is 0.468. The summed E-state index contributed by atoms with van der Waals surface area (Å²) in [4.78, 5) is 9.81. The van der Waals surface area contributed by atoms with Crippen LogP contribution in [0.1, 0.15) is 51.8 Å². The molecule has 1 saturated heterocycles. The second-order valence-electron chi connectivity index (χ2n) is 6.85. The molecule has 2 heterocycles. The zero-order chi connectivity index (χ0) is 18.6.